The summed E-state index contributed by atoms with van der Waals surface area (Å²) in [6.07, 6.45) is 3.55. The molecule has 1 aliphatic carbocycles. The fourth-order valence-corrected chi connectivity index (χ4v) is 2.47. The van der Waals surface area contributed by atoms with E-state index in [1.54, 1.807) is 0 Å². The van der Waals surface area contributed by atoms with Gasteiger partial charge in [-0.25, -0.2) is 0 Å². The van der Waals surface area contributed by atoms with E-state index in [1.807, 2.05) is 0 Å². The molecule has 100 valence electrons. The number of nitrogens with two attached hydrogens (primary N) is 1. The molecule has 5 heteroatoms. The molecule has 5 nitrogen and oxygen atoms in total. The van der Waals surface area contributed by atoms with Gasteiger partial charge in [0.15, 0.2) is 0 Å². The van der Waals surface area contributed by atoms with Gasteiger partial charge >= 0.3 is 0 Å². The molecule has 0 aromatic carbocycles. The first-order valence-electron chi connectivity index (χ1n) is 6.21. The highest BCUT2D eigenvalue weighted by Gasteiger charge is 2.38. The Morgan fingerprint density at radius 3 is 2.94 bits per heavy atom. The predicted molar refractivity (Wildman–Crippen MR) is 65.4 cm³/mol. The summed E-state index contributed by atoms with van der Waals surface area (Å²) >= 11 is 0. The van der Waals surface area contributed by atoms with Gasteiger partial charge in [-0.15, -0.1) is 0 Å². The molecule has 17 heavy (non-hydrogen) atoms. The number of aliphatic hydroxyl groups is 1. The lowest BCUT2D eigenvalue weighted by Crippen LogP contribution is -2.59. The van der Waals surface area contributed by atoms with Gasteiger partial charge in [-0.2, -0.15) is 0 Å². The molecule has 4 N–H and O–H groups in total. The summed E-state index contributed by atoms with van der Waals surface area (Å²) in [5, 5.41) is 11.9. The standard InChI is InChI=1S/C12H24N2O3/c1-9-4-3-5-12(13,6-9)11(16)14-10(7-15)8-17-2/h9-10,15H,3-8,13H2,1-2H3,(H,14,16). The van der Waals surface area contributed by atoms with Crippen LogP contribution in [0, 0.1) is 5.92 Å². The number of hydrogen-bond donors (Lipinski definition) is 3. The SMILES string of the molecule is COCC(CO)NC(=O)C1(N)CCCC(C)C1. The molecule has 3 unspecified atom stereocenters. The Morgan fingerprint density at radius 2 is 2.41 bits per heavy atom. The zero-order chi connectivity index (χ0) is 12.9. The van der Waals surface area contributed by atoms with Crippen LogP contribution in [-0.4, -0.2) is 42.9 Å². The van der Waals surface area contributed by atoms with Crippen LogP contribution < -0.4 is 11.1 Å². The molecular formula is C12H24N2O3. The lowest BCUT2D eigenvalue weighted by molar-refractivity contribution is -0.129. The van der Waals surface area contributed by atoms with E-state index in [1.165, 1.54) is 7.11 Å². The molecule has 0 aliphatic heterocycles. The molecule has 1 amide bonds. The molecule has 1 fully saturated rings. The van der Waals surface area contributed by atoms with Gasteiger partial charge in [-0.1, -0.05) is 19.8 Å². The third-order valence-electron chi connectivity index (χ3n) is 3.41. The second-order valence-electron chi connectivity index (χ2n) is 5.17. The van der Waals surface area contributed by atoms with E-state index < -0.39 is 5.54 Å². The minimum Gasteiger partial charge on any atom is -0.394 e. The average molecular weight is 244 g/mol. The maximum atomic E-state index is 12.1. The van der Waals surface area contributed by atoms with Crippen molar-refractivity contribution in [3.63, 3.8) is 0 Å². The number of rotatable bonds is 5. The predicted octanol–water partition coefficient (Wildman–Crippen LogP) is 0.0175. The normalized spacial score (nSPS) is 30.9. The van der Waals surface area contributed by atoms with Crippen LogP contribution in [0.15, 0.2) is 0 Å². The molecule has 0 saturated heterocycles. The molecule has 0 radical (unpaired) electrons. The lowest BCUT2D eigenvalue weighted by atomic mass is 9.76. The highest BCUT2D eigenvalue weighted by atomic mass is 16.5. The van der Waals surface area contributed by atoms with Gasteiger partial charge in [0.25, 0.3) is 0 Å². The monoisotopic (exact) mass is 244 g/mol. The Bertz CT molecular complexity index is 260. The number of carbonyl (C=O) groups is 1. The second-order valence-corrected chi connectivity index (χ2v) is 5.17. The van der Waals surface area contributed by atoms with Crippen LogP contribution in [0.25, 0.3) is 0 Å². The second kappa shape index (κ2) is 6.33. The van der Waals surface area contributed by atoms with Crippen LogP contribution in [0.3, 0.4) is 0 Å². The zero-order valence-electron chi connectivity index (χ0n) is 10.7. The molecule has 0 aromatic rings. The van der Waals surface area contributed by atoms with Gasteiger partial charge in [-0.3, -0.25) is 4.79 Å². The number of ether oxygens (including phenoxy) is 1. The van der Waals surface area contributed by atoms with E-state index in [0.29, 0.717) is 25.4 Å². The van der Waals surface area contributed by atoms with E-state index in [-0.39, 0.29) is 18.6 Å². The minimum atomic E-state index is -0.779. The number of carbonyl (C=O) groups excluding carboxylic acids is 1. The molecule has 1 aliphatic rings. The topological polar surface area (TPSA) is 84.6 Å². The summed E-state index contributed by atoms with van der Waals surface area (Å²) in [6, 6.07) is -0.370. The van der Waals surface area contributed by atoms with E-state index in [9.17, 15) is 4.79 Å². The van der Waals surface area contributed by atoms with Crippen LogP contribution in [0.2, 0.25) is 0 Å². The van der Waals surface area contributed by atoms with Crippen molar-refractivity contribution in [3.8, 4) is 0 Å². The Hall–Kier alpha value is -0.650. The van der Waals surface area contributed by atoms with E-state index in [2.05, 4.69) is 12.2 Å². The number of hydrogen-bond acceptors (Lipinski definition) is 4. The molecule has 0 spiro atoms. The summed E-state index contributed by atoms with van der Waals surface area (Å²) in [4.78, 5) is 12.1. The molecular weight excluding hydrogens is 220 g/mol. The molecule has 0 bridgehead atoms. The Labute approximate surface area is 103 Å². The van der Waals surface area contributed by atoms with Crippen molar-refractivity contribution in [2.75, 3.05) is 20.3 Å². The summed E-state index contributed by atoms with van der Waals surface area (Å²) in [5.41, 5.74) is 5.38. The van der Waals surface area contributed by atoms with Crippen molar-refractivity contribution >= 4 is 5.91 Å². The summed E-state index contributed by atoms with van der Waals surface area (Å²) in [6.45, 7) is 2.28. The largest absolute Gasteiger partial charge is 0.394 e. The molecule has 3 atom stereocenters. The molecule has 1 rings (SSSR count). The minimum absolute atomic E-state index is 0.134. The quantitative estimate of drug-likeness (QED) is 0.636. The van der Waals surface area contributed by atoms with Crippen LogP contribution in [0.5, 0.6) is 0 Å². The number of nitrogens with one attached hydrogen (secondary N) is 1. The zero-order valence-corrected chi connectivity index (χ0v) is 10.7. The number of aliphatic hydroxyl groups excluding tert-OH is 1. The summed E-state index contributed by atoms with van der Waals surface area (Å²) in [5.74, 6) is 0.314. The first-order valence-corrected chi connectivity index (χ1v) is 6.21. The molecule has 0 aromatic heterocycles. The fourth-order valence-electron chi connectivity index (χ4n) is 2.47. The highest BCUT2D eigenvalue weighted by molar-refractivity contribution is 5.86. The van der Waals surface area contributed by atoms with Crippen LogP contribution in [0.4, 0.5) is 0 Å². The molecule has 0 heterocycles. The lowest BCUT2D eigenvalue weighted by Gasteiger charge is -2.36. The Balaban J connectivity index is 2.55. The maximum absolute atomic E-state index is 12.1. The van der Waals surface area contributed by atoms with Crippen LogP contribution in [-0.2, 0) is 9.53 Å². The van der Waals surface area contributed by atoms with Crippen molar-refractivity contribution in [2.24, 2.45) is 11.7 Å². The third-order valence-corrected chi connectivity index (χ3v) is 3.41. The fraction of sp³-hybridized carbons (Fsp3) is 0.917. The van der Waals surface area contributed by atoms with E-state index in [4.69, 9.17) is 15.6 Å². The highest BCUT2D eigenvalue weighted by Crippen LogP contribution is 2.30. The smallest absolute Gasteiger partial charge is 0.240 e. The van der Waals surface area contributed by atoms with Gasteiger partial charge in [0, 0.05) is 7.11 Å². The van der Waals surface area contributed by atoms with Gasteiger partial charge in [0.05, 0.1) is 24.8 Å². The molecule has 1 saturated carbocycles. The first-order chi connectivity index (χ1) is 8.01. The third kappa shape index (κ3) is 3.94. The van der Waals surface area contributed by atoms with Crippen molar-refractivity contribution in [1.29, 1.82) is 0 Å². The van der Waals surface area contributed by atoms with Crippen molar-refractivity contribution in [3.05, 3.63) is 0 Å². The van der Waals surface area contributed by atoms with Gasteiger partial charge < -0.3 is 20.9 Å². The van der Waals surface area contributed by atoms with Crippen LogP contribution in [0.1, 0.15) is 32.6 Å². The van der Waals surface area contributed by atoms with Crippen molar-refractivity contribution in [1.82, 2.24) is 5.32 Å². The van der Waals surface area contributed by atoms with E-state index >= 15 is 0 Å². The van der Waals surface area contributed by atoms with Crippen LogP contribution >= 0.6 is 0 Å². The first kappa shape index (κ1) is 14.4. The Kier molecular flexibility index (Phi) is 5.36. The van der Waals surface area contributed by atoms with Gasteiger partial charge in [0.2, 0.25) is 5.91 Å². The maximum Gasteiger partial charge on any atom is 0.240 e. The van der Waals surface area contributed by atoms with Crippen molar-refractivity contribution in [2.45, 2.75) is 44.2 Å². The number of amides is 1. The van der Waals surface area contributed by atoms with Crippen molar-refractivity contribution < 1.29 is 14.6 Å². The summed E-state index contributed by atoms with van der Waals surface area (Å²) < 4.78 is 4.92. The van der Waals surface area contributed by atoms with Gasteiger partial charge in [-0.05, 0) is 18.8 Å². The Morgan fingerprint density at radius 1 is 1.71 bits per heavy atom. The average Bonchev–Trinajstić information content (AvgIpc) is 2.28. The van der Waals surface area contributed by atoms with E-state index in [0.717, 1.165) is 12.8 Å². The summed E-state index contributed by atoms with van der Waals surface area (Å²) in [7, 11) is 1.54. The number of methoxy groups -OCH3 is 1. The van der Waals surface area contributed by atoms with Gasteiger partial charge in [0.1, 0.15) is 0 Å².